The van der Waals surface area contributed by atoms with Crippen molar-refractivity contribution >= 4 is 17.6 Å². The molecule has 1 fully saturated rings. The molecule has 1 aliphatic heterocycles. The van der Waals surface area contributed by atoms with Gasteiger partial charge in [0.25, 0.3) is 0 Å². The molecule has 2 N–H and O–H groups in total. The number of nitrogens with zero attached hydrogens (tertiary/aromatic N) is 3. The number of anilines is 2. The second kappa shape index (κ2) is 5.66. The SMILES string of the molecule is CC1CCN(c2cnc(NCC(=O)O)cn2)CC1. The van der Waals surface area contributed by atoms with Crippen LogP contribution in [0.25, 0.3) is 0 Å². The van der Waals surface area contributed by atoms with E-state index in [1.807, 2.05) is 0 Å². The summed E-state index contributed by atoms with van der Waals surface area (Å²) in [5.74, 6) is 1.23. The summed E-state index contributed by atoms with van der Waals surface area (Å²) in [7, 11) is 0. The number of rotatable bonds is 4. The number of hydrogen-bond donors (Lipinski definition) is 2. The molecule has 0 amide bonds. The Morgan fingerprint density at radius 2 is 2.17 bits per heavy atom. The minimum Gasteiger partial charge on any atom is -0.480 e. The standard InChI is InChI=1S/C12H18N4O2/c1-9-2-4-16(5-3-9)11-7-13-10(6-15-11)14-8-12(17)18/h6-7,9H,2-5,8H2,1H3,(H,13,14)(H,17,18). The van der Waals surface area contributed by atoms with Crippen LogP contribution in [0.2, 0.25) is 0 Å². The van der Waals surface area contributed by atoms with E-state index in [2.05, 4.69) is 27.1 Å². The van der Waals surface area contributed by atoms with E-state index in [0.717, 1.165) is 24.8 Å². The molecule has 0 aromatic carbocycles. The highest BCUT2D eigenvalue weighted by Gasteiger charge is 2.16. The Hall–Kier alpha value is -1.85. The van der Waals surface area contributed by atoms with Crippen molar-refractivity contribution in [2.24, 2.45) is 5.92 Å². The summed E-state index contributed by atoms with van der Waals surface area (Å²) >= 11 is 0. The van der Waals surface area contributed by atoms with Gasteiger partial charge in [-0.2, -0.15) is 0 Å². The van der Waals surface area contributed by atoms with Gasteiger partial charge >= 0.3 is 5.97 Å². The topological polar surface area (TPSA) is 78.4 Å². The van der Waals surface area contributed by atoms with Crippen LogP contribution in [0.1, 0.15) is 19.8 Å². The van der Waals surface area contributed by atoms with Crippen LogP contribution in [-0.2, 0) is 4.79 Å². The van der Waals surface area contributed by atoms with E-state index in [0.29, 0.717) is 5.82 Å². The summed E-state index contributed by atoms with van der Waals surface area (Å²) < 4.78 is 0. The summed E-state index contributed by atoms with van der Waals surface area (Å²) in [6.07, 6.45) is 5.64. The molecule has 1 aromatic heterocycles. The average molecular weight is 250 g/mol. The zero-order chi connectivity index (χ0) is 13.0. The molecule has 1 aliphatic rings. The lowest BCUT2D eigenvalue weighted by Gasteiger charge is -2.30. The smallest absolute Gasteiger partial charge is 0.322 e. The molecule has 0 bridgehead atoms. The minimum atomic E-state index is -0.911. The quantitative estimate of drug-likeness (QED) is 0.836. The van der Waals surface area contributed by atoms with Gasteiger partial charge in [0.2, 0.25) is 0 Å². The predicted octanol–water partition coefficient (Wildman–Crippen LogP) is 1.21. The van der Waals surface area contributed by atoms with E-state index in [4.69, 9.17) is 5.11 Å². The van der Waals surface area contributed by atoms with Crippen molar-refractivity contribution in [3.8, 4) is 0 Å². The number of nitrogens with one attached hydrogen (secondary N) is 1. The molecule has 1 aromatic rings. The number of carbonyl (C=O) groups is 1. The third-order valence-corrected chi connectivity index (χ3v) is 3.17. The van der Waals surface area contributed by atoms with Crippen molar-refractivity contribution in [1.29, 1.82) is 0 Å². The predicted molar refractivity (Wildman–Crippen MR) is 68.8 cm³/mol. The highest BCUT2D eigenvalue weighted by atomic mass is 16.4. The average Bonchev–Trinajstić information content (AvgIpc) is 2.38. The first-order valence-corrected chi connectivity index (χ1v) is 6.18. The Balaban J connectivity index is 1.93. The largest absolute Gasteiger partial charge is 0.480 e. The monoisotopic (exact) mass is 250 g/mol. The molecule has 0 saturated carbocycles. The van der Waals surface area contributed by atoms with Crippen molar-refractivity contribution in [1.82, 2.24) is 9.97 Å². The molecular weight excluding hydrogens is 232 g/mol. The second-order valence-electron chi connectivity index (χ2n) is 4.68. The third kappa shape index (κ3) is 3.32. The third-order valence-electron chi connectivity index (χ3n) is 3.17. The summed E-state index contributed by atoms with van der Waals surface area (Å²) in [4.78, 5) is 21.1. The molecule has 18 heavy (non-hydrogen) atoms. The van der Waals surface area contributed by atoms with Gasteiger partial charge in [-0.15, -0.1) is 0 Å². The van der Waals surface area contributed by atoms with E-state index in [1.54, 1.807) is 12.4 Å². The first-order valence-electron chi connectivity index (χ1n) is 6.18. The van der Waals surface area contributed by atoms with Crippen molar-refractivity contribution in [3.63, 3.8) is 0 Å². The van der Waals surface area contributed by atoms with Crippen molar-refractivity contribution in [2.45, 2.75) is 19.8 Å². The van der Waals surface area contributed by atoms with Crippen LogP contribution >= 0.6 is 0 Å². The first-order chi connectivity index (χ1) is 8.65. The van der Waals surface area contributed by atoms with Gasteiger partial charge in [-0.25, -0.2) is 9.97 Å². The van der Waals surface area contributed by atoms with Crippen LogP contribution in [0.5, 0.6) is 0 Å². The molecule has 2 rings (SSSR count). The molecule has 6 heteroatoms. The fourth-order valence-corrected chi connectivity index (χ4v) is 1.98. The van der Waals surface area contributed by atoms with Gasteiger partial charge in [0.05, 0.1) is 12.4 Å². The molecule has 98 valence electrons. The number of aromatic nitrogens is 2. The summed E-state index contributed by atoms with van der Waals surface area (Å²) in [5, 5.41) is 11.2. The molecule has 0 radical (unpaired) electrons. The lowest BCUT2D eigenvalue weighted by molar-refractivity contribution is -0.134. The van der Waals surface area contributed by atoms with Gasteiger partial charge in [0.15, 0.2) is 0 Å². The highest BCUT2D eigenvalue weighted by Crippen LogP contribution is 2.20. The summed E-state index contributed by atoms with van der Waals surface area (Å²) in [5.41, 5.74) is 0. The van der Waals surface area contributed by atoms with E-state index < -0.39 is 5.97 Å². The maximum Gasteiger partial charge on any atom is 0.322 e. The van der Waals surface area contributed by atoms with Gasteiger partial charge in [-0.05, 0) is 18.8 Å². The van der Waals surface area contributed by atoms with Crippen LogP contribution in [0.3, 0.4) is 0 Å². The van der Waals surface area contributed by atoms with E-state index in [-0.39, 0.29) is 6.54 Å². The molecular formula is C12H18N4O2. The van der Waals surface area contributed by atoms with Crippen LogP contribution in [0.4, 0.5) is 11.6 Å². The zero-order valence-corrected chi connectivity index (χ0v) is 10.5. The number of aliphatic carboxylic acids is 1. The minimum absolute atomic E-state index is 0.144. The van der Waals surface area contributed by atoms with E-state index in [1.165, 1.54) is 12.8 Å². The first kappa shape index (κ1) is 12.6. The maximum atomic E-state index is 10.4. The lowest BCUT2D eigenvalue weighted by Crippen LogP contribution is -2.33. The van der Waals surface area contributed by atoms with Crippen LogP contribution < -0.4 is 10.2 Å². The Kier molecular flexibility index (Phi) is 3.96. The van der Waals surface area contributed by atoms with Crippen molar-refractivity contribution in [3.05, 3.63) is 12.4 Å². The summed E-state index contributed by atoms with van der Waals surface area (Å²) in [6, 6.07) is 0. The van der Waals surface area contributed by atoms with Crippen molar-refractivity contribution in [2.75, 3.05) is 29.9 Å². The van der Waals surface area contributed by atoms with Gasteiger partial charge in [0.1, 0.15) is 18.2 Å². The second-order valence-corrected chi connectivity index (χ2v) is 4.68. The molecule has 0 spiro atoms. The number of carboxylic acids is 1. The summed E-state index contributed by atoms with van der Waals surface area (Å²) in [6.45, 7) is 4.15. The molecule has 1 saturated heterocycles. The van der Waals surface area contributed by atoms with E-state index in [9.17, 15) is 4.79 Å². The molecule has 0 atom stereocenters. The van der Waals surface area contributed by atoms with E-state index >= 15 is 0 Å². The number of hydrogen-bond acceptors (Lipinski definition) is 5. The Bertz CT molecular complexity index is 399. The van der Waals surface area contributed by atoms with Gasteiger partial charge in [-0.3, -0.25) is 4.79 Å². The fourth-order valence-electron chi connectivity index (χ4n) is 1.98. The normalized spacial score (nSPS) is 16.6. The van der Waals surface area contributed by atoms with Crippen LogP contribution in [-0.4, -0.2) is 40.7 Å². The van der Waals surface area contributed by atoms with Crippen LogP contribution in [0, 0.1) is 5.92 Å². The number of piperidine rings is 1. The molecule has 6 nitrogen and oxygen atoms in total. The van der Waals surface area contributed by atoms with Gasteiger partial charge in [-0.1, -0.05) is 6.92 Å². The molecule has 2 heterocycles. The molecule has 0 aliphatic carbocycles. The fraction of sp³-hybridized carbons (Fsp3) is 0.583. The lowest BCUT2D eigenvalue weighted by atomic mass is 9.99. The van der Waals surface area contributed by atoms with Crippen molar-refractivity contribution < 1.29 is 9.90 Å². The van der Waals surface area contributed by atoms with Gasteiger partial charge in [0, 0.05) is 13.1 Å². The Labute approximate surface area is 106 Å². The maximum absolute atomic E-state index is 10.4. The highest BCUT2D eigenvalue weighted by molar-refractivity contribution is 5.72. The zero-order valence-electron chi connectivity index (χ0n) is 10.5. The Morgan fingerprint density at radius 3 is 2.72 bits per heavy atom. The van der Waals surface area contributed by atoms with Crippen LogP contribution in [0.15, 0.2) is 12.4 Å². The number of carboxylic acid groups (broad SMARTS) is 1. The Morgan fingerprint density at radius 1 is 1.44 bits per heavy atom. The molecule has 0 unspecified atom stereocenters. The van der Waals surface area contributed by atoms with Gasteiger partial charge < -0.3 is 15.3 Å².